The number of ether oxygens (including phenoxy) is 1. The van der Waals surface area contributed by atoms with Gasteiger partial charge < -0.3 is 30.5 Å². The lowest BCUT2D eigenvalue weighted by atomic mass is 9.86. The van der Waals surface area contributed by atoms with Gasteiger partial charge in [0.1, 0.15) is 17.7 Å². The summed E-state index contributed by atoms with van der Waals surface area (Å²) in [6, 6.07) is 16.6. The van der Waals surface area contributed by atoms with Crippen LogP contribution >= 0.6 is 0 Å². The van der Waals surface area contributed by atoms with E-state index in [9.17, 15) is 19.8 Å². The highest BCUT2D eigenvalue weighted by atomic mass is 16.6. The van der Waals surface area contributed by atoms with Crippen LogP contribution in [0.5, 0.6) is 0 Å². The summed E-state index contributed by atoms with van der Waals surface area (Å²) >= 11 is 0. The van der Waals surface area contributed by atoms with E-state index in [0.29, 0.717) is 31.5 Å². The Morgan fingerprint density at radius 2 is 1.47 bits per heavy atom. The number of hydrogen-bond acceptors (Lipinski definition) is 6. The first-order valence-electron chi connectivity index (χ1n) is 12.5. The number of carbonyl (C=O) groups is 2. The Labute approximate surface area is 213 Å². The van der Waals surface area contributed by atoms with Gasteiger partial charge in [0.25, 0.3) is 0 Å². The molecule has 1 saturated heterocycles. The number of likely N-dealkylation sites (N-methyl/N-ethyl adjacent to an activating group) is 1. The van der Waals surface area contributed by atoms with Crippen LogP contribution in [-0.2, 0) is 9.53 Å². The summed E-state index contributed by atoms with van der Waals surface area (Å²) in [4.78, 5) is 28.8. The molecule has 0 aromatic heterocycles. The molecule has 1 aliphatic heterocycles. The van der Waals surface area contributed by atoms with Crippen molar-refractivity contribution in [1.82, 2.24) is 9.80 Å². The van der Waals surface area contributed by atoms with Gasteiger partial charge in [-0.05, 0) is 50.7 Å². The van der Waals surface area contributed by atoms with Crippen molar-refractivity contribution in [3.8, 4) is 0 Å². The monoisotopic (exact) mass is 497 g/mol. The number of nitrogens with zero attached hydrogens (tertiary/aromatic N) is 2. The highest BCUT2D eigenvalue weighted by Crippen LogP contribution is 2.34. The molecule has 0 radical (unpaired) electrons. The molecule has 0 saturated carbocycles. The maximum atomic E-state index is 13.5. The normalized spacial score (nSPS) is 18.1. The number of piperidine rings is 1. The number of hydrogen-bond donors (Lipinski definition) is 3. The SMILES string of the molecule is CN(C(=O)[C@H](N)C(O)C1CCN(C(=O)OC(C)(C)C)CC1)[C@@H](c1ccccc1)[C@@H](O)c1ccccc1. The number of rotatable bonds is 7. The molecular formula is C28H39N3O5. The summed E-state index contributed by atoms with van der Waals surface area (Å²) in [6.07, 6.45) is -1.41. The van der Waals surface area contributed by atoms with E-state index in [-0.39, 0.29) is 12.0 Å². The highest BCUT2D eigenvalue weighted by Gasteiger charge is 2.38. The molecule has 0 bridgehead atoms. The summed E-state index contributed by atoms with van der Waals surface area (Å²) < 4.78 is 5.43. The minimum atomic E-state index is -1.16. The Bertz CT molecular complexity index is 987. The van der Waals surface area contributed by atoms with E-state index < -0.39 is 35.8 Å². The number of amides is 2. The molecule has 196 valence electrons. The molecule has 0 spiro atoms. The second kappa shape index (κ2) is 11.9. The summed E-state index contributed by atoms with van der Waals surface area (Å²) in [6.45, 7) is 6.30. The fourth-order valence-corrected chi connectivity index (χ4v) is 4.66. The van der Waals surface area contributed by atoms with Gasteiger partial charge in [-0.2, -0.15) is 0 Å². The summed E-state index contributed by atoms with van der Waals surface area (Å²) in [5, 5.41) is 22.2. The van der Waals surface area contributed by atoms with Crippen molar-refractivity contribution in [2.75, 3.05) is 20.1 Å². The Morgan fingerprint density at radius 3 is 1.97 bits per heavy atom. The Kier molecular flexibility index (Phi) is 9.11. The van der Waals surface area contributed by atoms with E-state index in [1.807, 2.05) is 81.4 Å². The van der Waals surface area contributed by atoms with Crippen molar-refractivity contribution in [1.29, 1.82) is 0 Å². The largest absolute Gasteiger partial charge is 0.444 e. The van der Waals surface area contributed by atoms with E-state index in [2.05, 4.69) is 0 Å². The second-order valence-corrected chi connectivity index (χ2v) is 10.5. The van der Waals surface area contributed by atoms with Crippen LogP contribution in [0.25, 0.3) is 0 Å². The smallest absolute Gasteiger partial charge is 0.410 e. The lowest BCUT2D eigenvalue weighted by molar-refractivity contribution is -0.140. The topological polar surface area (TPSA) is 116 Å². The Balaban J connectivity index is 1.69. The standard InChI is InChI=1S/C28H39N3O5/c1-28(2,3)36-27(35)31-17-15-21(16-18-31)24(32)22(29)26(34)30(4)23(19-11-7-5-8-12-19)25(33)20-13-9-6-10-14-20/h5-14,21-25,32-33H,15-18,29H2,1-4H3/t22-,23+,24?,25+/m1/s1. The lowest BCUT2D eigenvalue weighted by Gasteiger charge is -2.38. The van der Waals surface area contributed by atoms with E-state index in [4.69, 9.17) is 10.5 Å². The van der Waals surface area contributed by atoms with Gasteiger partial charge in [0.05, 0.1) is 12.1 Å². The van der Waals surface area contributed by atoms with Gasteiger partial charge in [-0.25, -0.2) is 4.79 Å². The molecule has 1 heterocycles. The van der Waals surface area contributed by atoms with Gasteiger partial charge in [0, 0.05) is 20.1 Å². The number of benzene rings is 2. The lowest BCUT2D eigenvalue weighted by Crippen LogP contribution is -2.54. The summed E-state index contributed by atoms with van der Waals surface area (Å²) in [5.74, 6) is -0.689. The molecule has 2 aromatic carbocycles. The van der Waals surface area contributed by atoms with Crippen molar-refractivity contribution in [2.45, 2.75) is 63.5 Å². The molecule has 8 heteroatoms. The molecule has 2 aromatic rings. The number of likely N-dealkylation sites (tertiary alicyclic amines) is 1. The van der Waals surface area contributed by atoms with Crippen LogP contribution in [0, 0.1) is 5.92 Å². The van der Waals surface area contributed by atoms with Gasteiger partial charge in [-0.15, -0.1) is 0 Å². The molecule has 4 N–H and O–H groups in total. The van der Waals surface area contributed by atoms with Crippen LogP contribution in [0.1, 0.15) is 56.9 Å². The third kappa shape index (κ3) is 6.84. The summed E-state index contributed by atoms with van der Waals surface area (Å²) in [5.41, 5.74) is 7.16. The van der Waals surface area contributed by atoms with Crippen LogP contribution in [-0.4, -0.2) is 69.9 Å². The first-order chi connectivity index (χ1) is 17.0. The van der Waals surface area contributed by atoms with E-state index in [0.717, 1.165) is 5.56 Å². The first kappa shape index (κ1) is 27.6. The highest BCUT2D eigenvalue weighted by molar-refractivity contribution is 5.82. The van der Waals surface area contributed by atoms with E-state index in [1.165, 1.54) is 4.90 Å². The fourth-order valence-electron chi connectivity index (χ4n) is 4.66. The molecule has 4 atom stereocenters. The zero-order valence-corrected chi connectivity index (χ0v) is 21.6. The molecule has 8 nitrogen and oxygen atoms in total. The first-order valence-corrected chi connectivity index (χ1v) is 12.5. The average molecular weight is 498 g/mol. The van der Waals surface area contributed by atoms with Gasteiger partial charge in [0.2, 0.25) is 5.91 Å². The maximum Gasteiger partial charge on any atom is 0.410 e. The minimum absolute atomic E-state index is 0.231. The van der Waals surface area contributed by atoms with Crippen molar-refractivity contribution in [3.05, 3.63) is 71.8 Å². The van der Waals surface area contributed by atoms with E-state index >= 15 is 0 Å². The molecule has 0 aliphatic carbocycles. The van der Waals surface area contributed by atoms with Crippen LogP contribution in [0.2, 0.25) is 0 Å². The molecule has 1 unspecified atom stereocenters. The molecule has 2 amide bonds. The van der Waals surface area contributed by atoms with Crippen LogP contribution < -0.4 is 5.73 Å². The number of aliphatic hydroxyl groups is 2. The van der Waals surface area contributed by atoms with Crippen molar-refractivity contribution in [3.63, 3.8) is 0 Å². The number of nitrogens with two attached hydrogens (primary N) is 1. The zero-order valence-electron chi connectivity index (χ0n) is 21.6. The third-order valence-corrected chi connectivity index (χ3v) is 6.67. The third-order valence-electron chi connectivity index (χ3n) is 6.67. The van der Waals surface area contributed by atoms with Crippen LogP contribution in [0.3, 0.4) is 0 Å². The predicted octanol–water partition coefficient (Wildman–Crippen LogP) is 3.26. The average Bonchev–Trinajstić information content (AvgIpc) is 2.87. The van der Waals surface area contributed by atoms with Gasteiger partial charge in [-0.3, -0.25) is 4.79 Å². The molecule has 1 aliphatic rings. The number of carbonyl (C=O) groups excluding carboxylic acids is 2. The molecule has 36 heavy (non-hydrogen) atoms. The van der Waals surface area contributed by atoms with Crippen molar-refractivity contribution < 1.29 is 24.5 Å². The van der Waals surface area contributed by atoms with Gasteiger partial charge in [-0.1, -0.05) is 60.7 Å². The maximum absolute atomic E-state index is 13.5. The fraction of sp³-hybridized carbons (Fsp3) is 0.500. The van der Waals surface area contributed by atoms with Gasteiger partial charge in [0.15, 0.2) is 0 Å². The van der Waals surface area contributed by atoms with Gasteiger partial charge >= 0.3 is 6.09 Å². The summed E-state index contributed by atoms with van der Waals surface area (Å²) in [7, 11) is 1.60. The second-order valence-electron chi connectivity index (χ2n) is 10.5. The molecule has 3 rings (SSSR count). The molecular weight excluding hydrogens is 458 g/mol. The van der Waals surface area contributed by atoms with E-state index in [1.54, 1.807) is 11.9 Å². The Morgan fingerprint density at radius 1 is 0.972 bits per heavy atom. The molecule has 1 fully saturated rings. The zero-order chi connectivity index (χ0) is 26.5. The van der Waals surface area contributed by atoms with Crippen LogP contribution in [0.15, 0.2) is 60.7 Å². The predicted molar refractivity (Wildman–Crippen MR) is 138 cm³/mol. The Hall–Kier alpha value is -2.94. The van der Waals surface area contributed by atoms with Crippen molar-refractivity contribution in [2.24, 2.45) is 11.7 Å². The van der Waals surface area contributed by atoms with Crippen molar-refractivity contribution >= 4 is 12.0 Å². The number of aliphatic hydroxyl groups excluding tert-OH is 2. The minimum Gasteiger partial charge on any atom is -0.444 e. The van der Waals surface area contributed by atoms with Crippen LogP contribution in [0.4, 0.5) is 4.79 Å². The quantitative estimate of drug-likeness (QED) is 0.541.